The first-order valence-corrected chi connectivity index (χ1v) is 12.2. The van der Waals surface area contributed by atoms with Gasteiger partial charge in [0, 0.05) is 47.8 Å². The minimum absolute atomic E-state index is 0.0778. The Labute approximate surface area is 206 Å². The van der Waals surface area contributed by atoms with E-state index in [0.717, 1.165) is 29.8 Å². The molecule has 0 radical (unpaired) electrons. The summed E-state index contributed by atoms with van der Waals surface area (Å²) in [6.07, 6.45) is 2.39. The first-order chi connectivity index (χ1) is 16.4. The van der Waals surface area contributed by atoms with Crippen molar-refractivity contribution in [3.8, 4) is 11.5 Å². The maximum Gasteiger partial charge on any atom is 0.341 e. The summed E-state index contributed by atoms with van der Waals surface area (Å²) in [4.78, 5) is 40.5. The summed E-state index contributed by atoms with van der Waals surface area (Å²) in [6.45, 7) is 10.8. The zero-order valence-corrected chi connectivity index (χ0v) is 21.5. The van der Waals surface area contributed by atoms with E-state index in [9.17, 15) is 14.4 Å². The lowest BCUT2D eigenvalue weighted by molar-refractivity contribution is -0.139. The summed E-state index contributed by atoms with van der Waals surface area (Å²) in [5.74, 6) is -0.725. The summed E-state index contributed by atoms with van der Waals surface area (Å²) in [5.41, 5.74) is 3.92. The summed E-state index contributed by atoms with van der Waals surface area (Å²) < 4.78 is 10.9. The molecular formula is C28H35NO6. The van der Waals surface area contributed by atoms with Crippen LogP contribution in [0.4, 0.5) is 0 Å². The molecule has 0 bridgehead atoms. The predicted octanol–water partition coefficient (Wildman–Crippen LogP) is 4.86. The molecule has 1 aromatic carbocycles. The maximum absolute atomic E-state index is 13.7. The van der Waals surface area contributed by atoms with Gasteiger partial charge in [-0.2, -0.15) is 0 Å². The number of carbonyl (C=O) groups is 3. The van der Waals surface area contributed by atoms with E-state index in [2.05, 4.69) is 39.5 Å². The number of carboxylic acids is 1. The quantitative estimate of drug-likeness (QED) is 0.620. The highest BCUT2D eigenvalue weighted by molar-refractivity contribution is 6.06. The van der Waals surface area contributed by atoms with Crippen LogP contribution in [0.15, 0.2) is 40.7 Å². The number of carboxylic acid groups (broad SMARTS) is 1. The number of ether oxygens (including phenoxy) is 2. The lowest BCUT2D eigenvalue weighted by Crippen LogP contribution is -2.44. The molecule has 0 spiro atoms. The Morgan fingerprint density at radius 2 is 1.51 bits per heavy atom. The van der Waals surface area contributed by atoms with Gasteiger partial charge in [0.2, 0.25) is 0 Å². The Morgan fingerprint density at radius 3 is 1.97 bits per heavy atom. The molecule has 0 amide bonds. The monoisotopic (exact) mass is 481 g/mol. The number of Topliss-reactive ketones (excluding diaryl/α,β-unsaturated/α-hetero) is 2. The van der Waals surface area contributed by atoms with Gasteiger partial charge >= 0.3 is 5.97 Å². The van der Waals surface area contributed by atoms with E-state index in [0.29, 0.717) is 42.0 Å². The SMILES string of the molecule is CCN1C2=C(C(=O)CC(C)(C)C2)C(c2ccc(OCC(=O)O)c(OC)c2)C2=C1CC(C)(C)CC2=O. The van der Waals surface area contributed by atoms with Crippen LogP contribution in [0.3, 0.4) is 0 Å². The topological polar surface area (TPSA) is 93.1 Å². The Hall–Kier alpha value is -3.09. The largest absolute Gasteiger partial charge is 0.493 e. The molecule has 35 heavy (non-hydrogen) atoms. The summed E-state index contributed by atoms with van der Waals surface area (Å²) in [7, 11) is 1.49. The molecule has 1 heterocycles. The van der Waals surface area contributed by atoms with E-state index in [4.69, 9.17) is 14.6 Å². The van der Waals surface area contributed by atoms with Crippen molar-refractivity contribution < 1.29 is 29.0 Å². The van der Waals surface area contributed by atoms with E-state index in [1.807, 2.05) is 6.07 Å². The van der Waals surface area contributed by atoms with Crippen molar-refractivity contribution in [3.63, 3.8) is 0 Å². The molecule has 1 N–H and O–H groups in total. The highest BCUT2D eigenvalue weighted by Gasteiger charge is 2.48. The number of nitrogens with zero attached hydrogens (tertiary/aromatic N) is 1. The first kappa shape index (κ1) is 25.0. The molecule has 4 rings (SSSR count). The van der Waals surface area contributed by atoms with E-state index < -0.39 is 18.5 Å². The third-order valence-electron chi connectivity index (χ3n) is 7.21. The minimum Gasteiger partial charge on any atom is -0.493 e. The van der Waals surface area contributed by atoms with Crippen LogP contribution in [0.2, 0.25) is 0 Å². The Bertz CT molecular complexity index is 1100. The molecule has 2 aliphatic carbocycles. The molecule has 0 fully saturated rings. The lowest BCUT2D eigenvalue weighted by atomic mass is 9.63. The molecule has 0 unspecified atom stereocenters. The molecule has 1 aliphatic heterocycles. The number of benzene rings is 1. The Morgan fingerprint density at radius 1 is 0.971 bits per heavy atom. The number of ketones is 2. The molecular weight excluding hydrogens is 446 g/mol. The van der Waals surface area contributed by atoms with Gasteiger partial charge < -0.3 is 19.5 Å². The number of carbonyl (C=O) groups excluding carboxylic acids is 2. The van der Waals surface area contributed by atoms with Crippen molar-refractivity contribution >= 4 is 17.5 Å². The van der Waals surface area contributed by atoms with Crippen LogP contribution in [0.25, 0.3) is 0 Å². The number of hydrogen-bond donors (Lipinski definition) is 1. The van der Waals surface area contributed by atoms with E-state index >= 15 is 0 Å². The second kappa shape index (κ2) is 8.85. The minimum atomic E-state index is -1.08. The van der Waals surface area contributed by atoms with Crippen LogP contribution in [0, 0.1) is 10.8 Å². The van der Waals surface area contributed by atoms with E-state index in [1.165, 1.54) is 7.11 Å². The van der Waals surface area contributed by atoms with Gasteiger partial charge in [0.1, 0.15) is 0 Å². The molecule has 3 aliphatic rings. The van der Waals surface area contributed by atoms with Gasteiger partial charge in [-0.1, -0.05) is 33.8 Å². The van der Waals surface area contributed by atoms with Gasteiger partial charge in [-0.05, 0) is 48.3 Å². The van der Waals surface area contributed by atoms with Crippen LogP contribution in [-0.2, 0) is 14.4 Å². The second-order valence-corrected chi connectivity index (χ2v) is 11.4. The number of aliphatic carboxylic acids is 1. The normalized spacial score (nSPS) is 21.6. The van der Waals surface area contributed by atoms with Crippen molar-refractivity contribution in [2.75, 3.05) is 20.3 Å². The van der Waals surface area contributed by atoms with Crippen molar-refractivity contribution in [1.29, 1.82) is 0 Å². The molecule has 0 saturated heterocycles. The third kappa shape index (κ3) is 4.60. The fourth-order valence-electron chi connectivity index (χ4n) is 5.89. The molecule has 0 atom stereocenters. The molecule has 188 valence electrons. The molecule has 1 aromatic rings. The van der Waals surface area contributed by atoms with Crippen LogP contribution < -0.4 is 9.47 Å². The summed E-state index contributed by atoms with van der Waals surface area (Å²) in [6, 6.07) is 5.26. The van der Waals surface area contributed by atoms with Crippen LogP contribution in [0.5, 0.6) is 11.5 Å². The number of rotatable bonds is 6. The highest BCUT2D eigenvalue weighted by Crippen LogP contribution is 2.54. The smallest absolute Gasteiger partial charge is 0.341 e. The fourth-order valence-corrected chi connectivity index (χ4v) is 5.89. The van der Waals surface area contributed by atoms with Crippen LogP contribution >= 0.6 is 0 Å². The van der Waals surface area contributed by atoms with Crippen molar-refractivity contribution in [3.05, 3.63) is 46.3 Å². The van der Waals surface area contributed by atoms with Crippen molar-refractivity contribution in [2.24, 2.45) is 10.8 Å². The average molecular weight is 482 g/mol. The molecule has 0 saturated carbocycles. The third-order valence-corrected chi connectivity index (χ3v) is 7.21. The molecule has 0 aromatic heterocycles. The van der Waals surface area contributed by atoms with Crippen LogP contribution in [0.1, 0.15) is 71.8 Å². The van der Waals surface area contributed by atoms with Crippen molar-refractivity contribution in [1.82, 2.24) is 4.90 Å². The number of methoxy groups -OCH3 is 1. The van der Waals surface area contributed by atoms with Gasteiger partial charge in [-0.15, -0.1) is 0 Å². The van der Waals surface area contributed by atoms with Crippen molar-refractivity contribution in [2.45, 2.75) is 66.2 Å². The number of allylic oxidation sites excluding steroid dienone is 4. The Balaban J connectivity index is 1.92. The zero-order valence-electron chi connectivity index (χ0n) is 21.5. The average Bonchev–Trinajstić information content (AvgIpc) is 2.74. The van der Waals surface area contributed by atoms with Gasteiger partial charge in [0.05, 0.1) is 7.11 Å². The molecule has 7 heteroatoms. The highest BCUT2D eigenvalue weighted by atomic mass is 16.5. The van der Waals surface area contributed by atoms with E-state index in [1.54, 1.807) is 12.1 Å². The van der Waals surface area contributed by atoms with Gasteiger partial charge in [0.15, 0.2) is 29.7 Å². The van der Waals surface area contributed by atoms with Crippen LogP contribution in [-0.4, -0.2) is 47.8 Å². The lowest BCUT2D eigenvalue weighted by Gasteiger charge is -2.48. The van der Waals surface area contributed by atoms with Gasteiger partial charge in [-0.3, -0.25) is 9.59 Å². The maximum atomic E-state index is 13.7. The first-order valence-electron chi connectivity index (χ1n) is 12.2. The van der Waals surface area contributed by atoms with Gasteiger partial charge in [-0.25, -0.2) is 4.79 Å². The summed E-state index contributed by atoms with van der Waals surface area (Å²) in [5, 5.41) is 8.99. The van der Waals surface area contributed by atoms with E-state index in [-0.39, 0.29) is 22.4 Å². The number of hydrogen-bond acceptors (Lipinski definition) is 6. The predicted molar refractivity (Wildman–Crippen MR) is 131 cm³/mol. The second-order valence-electron chi connectivity index (χ2n) is 11.4. The standard InChI is InChI=1S/C28H35NO6/c1-7-29-17-11-27(2,3)13-19(30)25(17)24(26-18(29)12-28(4,5)14-20(26)31)16-8-9-21(22(10-16)34-6)35-15-23(32)33/h8-10,24H,7,11-15H2,1-6H3,(H,32,33). The zero-order chi connectivity index (χ0) is 25.7. The van der Waals surface area contributed by atoms with Gasteiger partial charge in [0.25, 0.3) is 0 Å². The molecule has 7 nitrogen and oxygen atoms in total. The summed E-state index contributed by atoms with van der Waals surface area (Å²) >= 11 is 0. The Kier molecular flexibility index (Phi) is 6.32. The fraction of sp³-hybridized carbons (Fsp3) is 0.536.